The highest BCUT2D eigenvalue weighted by Crippen LogP contribution is 2.23. The van der Waals surface area contributed by atoms with Crippen LogP contribution in [0.1, 0.15) is 17.4 Å². The van der Waals surface area contributed by atoms with Crippen molar-refractivity contribution in [3.8, 4) is 11.4 Å². The number of benzene rings is 2. The number of nitrogens with zero attached hydrogens (tertiary/aromatic N) is 3. The van der Waals surface area contributed by atoms with Gasteiger partial charge in [0.15, 0.2) is 5.65 Å². The van der Waals surface area contributed by atoms with Crippen molar-refractivity contribution >= 4 is 17.1 Å². The number of carboxylic acid groups (broad SMARTS) is 1. The van der Waals surface area contributed by atoms with E-state index in [4.69, 9.17) is 4.74 Å². The van der Waals surface area contributed by atoms with Gasteiger partial charge in [-0.2, -0.15) is 0 Å². The van der Waals surface area contributed by atoms with Gasteiger partial charge in [-0.3, -0.25) is 9.36 Å². The highest BCUT2D eigenvalue weighted by molar-refractivity contribution is 5.74. The number of hydrogen-bond acceptors (Lipinski definition) is 5. The Kier molecular flexibility index (Phi) is 5.99. The minimum absolute atomic E-state index is 0.0171. The van der Waals surface area contributed by atoms with Crippen LogP contribution in [0.4, 0.5) is 13.6 Å². The zero-order valence-corrected chi connectivity index (χ0v) is 17.3. The summed E-state index contributed by atoms with van der Waals surface area (Å²) in [4.78, 5) is 33.6. The van der Waals surface area contributed by atoms with Crippen molar-refractivity contribution < 1.29 is 23.4 Å². The minimum atomic E-state index is -1.39. The van der Waals surface area contributed by atoms with Crippen molar-refractivity contribution in [3.63, 3.8) is 0 Å². The van der Waals surface area contributed by atoms with Crippen molar-refractivity contribution in [2.24, 2.45) is 0 Å². The highest BCUT2D eigenvalue weighted by atomic mass is 19.1. The fourth-order valence-corrected chi connectivity index (χ4v) is 3.57. The summed E-state index contributed by atoms with van der Waals surface area (Å²) < 4.78 is 33.9. The molecule has 0 spiro atoms. The number of methoxy groups -OCH3 is 1. The number of halogens is 2. The molecule has 33 heavy (non-hydrogen) atoms. The van der Waals surface area contributed by atoms with Gasteiger partial charge in [-0.05, 0) is 54.1 Å². The molecule has 0 aliphatic carbocycles. The van der Waals surface area contributed by atoms with E-state index in [0.29, 0.717) is 17.5 Å². The van der Waals surface area contributed by atoms with Gasteiger partial charge >= 0.3 is 6.09 Å². The van der Waals surface area contributed by atoms with Crippen molar-refractivity contribution in [1.82, 2.24) is 19.9 Å². The van der Waals surface area contributed by atoms with Gasteiger partial charge in [-0.1, -0.05) is 0 Å². The van der Waals surface area contributed by atoms with Gasteiger partial charge < -0.3 is 15.2 Å². The predicted molar refractivity (Wildman–Crippen MR) is 116 cm³/mol. The third-order valence-corrected chi connectivity index (χ3v) is 4.97. The Morgan fingerprint density at radius 1 is 1.15 bits per heavy atom. The maximum atomic E-state index is 13.8. The van der Waals surface area contributed by atoms with E-state index in [2.05, 4.69) is 15.3 Å². The third kappa shape index (κ3) is 4.64. The van der Waals surface area contributed by atoms with E-state index < -0.39 is 29.3 Å². The first-order chi connectivity index (χ1) is 15.9. The number of hydrogen-bond donors (Lipinski definition) is 2. The molecule has 0 aliphatic rings. The second kappa shape index (κ2) is 9.03. The molecule has 2 aromatic carbocycles. The van der Waals surface area contributed by atoms with Gasteiger partial charge in [0, 0.05) is 18.7 Å². The van der Waals surface area contributed by atoms with Gasteiger partial charge in [-0.25, -0.2) is 23.5 Å². The Morgan fingerprint density at radius 2 is 1.85 bits per heavy atom. The summed E-state index contributed by atoms with van der Waals surface area (Å²) in [7, 11) is 1.50. The third-order valence-electron chi connectivity index (χ3n) is 4.97. The number of aromatic nitrogens is 3. The van der Waals surface area contributed by atoms with Crippen molar-refractivity contribution in [3.05, 3.63) is 94.2 Å². The lowest BCUT2D eigenvalue weighted by Crippen LogP contribution is -2.35. The van der Waals surface area contributed by atoms with E-state index in [1.165, 1.54) is 17.9 Å². The lowest BCUT2D eigenvalue weighted by atomic mass is 10.0. The molecule has 4 rings (SSSR count). The number of carbonyl (C=O) groups is 1. The first-order valence-electron chi connectivity index (χ1n) is 9.82. The SMILES string of the molecule is COc1ccc(-n2c([C@H](Cc3cc(F)cc(F)c3)NC(=O)O)nc3ncccc3c2=O)cc1. The number of nitrogens with one attached hydrogen (secondary N) is 1. The van der Waals surface area contributed by atoms with Crippen LogP contribution in [0.3, 0.4) is 0 Å². The molecule has 8 nitrogen and oxygen atoms in total. The molecule has 168 valence electrons. The first kappa shape index (κ1) is 21.9. The Morgan fingerprint density at radius 3 is 2.48 bits per heavy atom. The summed E-state index contributed by atoms with van der Waals surface area (Å²) in [5.74, 6) is -1.04. The molecule has 2 aromatic heterocycles. The Labute approximate surface area is 186 Å². The Bertz CT molecular complexity index is 1370. The molecule has 0 aliphatic heterocycles. The first-order valence-corrected chi connectivity index (χ1v) is 9.82. The summed E-state index contributed by atoms with van der Waals surface area (Å²) in [6.45, 7) is 0. The van der Waals surface area contributed by atoms with Crippen LogP contribution >= 0.6 is 0 Å². The van der Waals surface area contributed by atoms with Gasteiger partial charge in [0.1, 0.15) is 23.2 Å². The maximum Gasteiger partial charge on any atom is 0.405 e. The number of fused-ring (bicyclic) bond motifs is 1. The monoisotopic (exact) mass is 452 g/mol. The average molecular weight is 452 g/mol. The predicted octanol–water partition coefficient (Wildman–Crippen LogP) is 3.62. The highest BCUT2D eigenvalue weighted by Gasteiger charge is 2.24. The van der Waals surface area contributed by atoms with Crippen LogP contribution in [0.5, 0.6) is 5.75 Å². The molecule has 0 radical (unpaired) electrons. The quantitative estimate of drug-likeness (QED) is 0.463. The lowest BCUT2D eigenvalue weighted by Gasteiger charge is -2.21. The molecule has 0 saturated carbocycles. The molecule has 2 heterocycles. The normalized spacial score (nSPS) is 11.8. The van der Waals surface area contributed by atoms with E-state index in [1.54, 1.807) is 36.4 Å². The second-order valence-corrected chi connectivity index (χ2v) is 7.17. The zero-order valence-electron chi connectivity index (χ0n) is 17.3. The van der Waals surface area contributed by atoms with Crippen molar-refractivity contribution in [1.29, 1.82) is 0 Å². The Balaban J connectivity index is 1.94. The summed E-state index contributed by atoms with van der Waals surface area (Å²) in [6, 6.07) is 11.4. The molecular formula is C23H18F2N4O4. The van der Waals surface area contributed by atoms with E-state index in [1.807, 2.05) is 0 Å². The molecule has 2 N–H and O–H groups in total. The molecular weight excluding hydrogens is 434 g/mol. The molecule has 0 unspecified atom stereocenters. The smallest absolute Gasteiger partial charge is 0.405 e. The minimum Gasteiger partial charge on any atom is -0.497 e. The summed E-state index contributed by atoms with van der Waals surface area (Å²) in [6.07, 6.45) is -0.103. The van der Waals surface area contributed by atoms with Gasteiger partial charge in [0.25, 0.3) is 5.56 Å². The van der Waals surface area contributed by atoms with E-state index in [-0.39, 0.29) is 28.8 Å². The van der Waals surface area contributed by atoms with Crippen LogP contribution in [0.15, 0.2) is 65.6 Å². The Hall–Kier alpha value is -4.34. The number of amides is 1. The molecule has 1 atom stereocenters. The fraction of sp³-hybridized carbons (Fsp3) is 0.130. The fourth-order valence-electron chi connectivity index (χ4n) is 3.57. The van der Waals surface area contributed by atoms with Crippen LogP contribution in [0.2, 0.25) is 0 Å². The molecule has 0 fully saturated rings. The van der Waals surface area contributed by atoms with Gasteiger partial charge in [0.2, 0.25) is 0 Å². The average Bonchev–Trinajstić information content (AvgIpc) is 2.78. The number of pyridine rings is 1. The standard InChI is InChI=1S/C23H18F2N4O4/c1-33-17-6-4-16(5-7-17)29-21(28-20-18(22(29)30)3-2-8-26-20)19(27-23(31)32)11-13-9-14(24)12-15(25)10-13/h2-10,12,19,27H,11H2,1H3,(H,31,32)/t19-/m0/s1. The molecule has 0 saturated heterocycles. The van der Waals surface area contributed by atoms with Crippen LogP contribution in [-0.4, -0.2) is 32.8 Å². The molecule has 10 heteroatoms. The topological polar surface area (TPSA) is 106 Å². The van der Waals surface area contributed by atoms with Crippen molar-refractivity contribution in [2.45, 2.75) is 12.5 Å². The largest absolute Gasteiger partial charge is 0.497 e. The second-order valence-electron chi connectivity index (χ2n) is 7.17. The number of ether oxygens (including phenoxy) is 1. The summed E-state index contributed by atoms with van der Waals surface area (Å²) >= 11 is 0. The maximum absolute atomic E-state index is 13.8. The summed E-state index contributed by atoms with van der Waals surface area (Å²) in [5.41, 5.74) is 0.223. The lowest BCUT2D eigenvalue weighted by molar-refractivity contribution is 0.189. The number of rotatable bonds is 6. The summed E-state index contributed by atoms with van der Waals surface area (Å²) in [5, 5.41) is 12.0. The molecule has 4 aromatic rings. The van der Waals surface area contributed by atoms with Crippen molar-refractivity contribution in [2.75, 3.05) is 7.11 Å². The van der Waals surface area contributed by atoms with Crippen LogP contribution < -0.4 is 15.6 Å². The van der Waals surface area contributed by atoms with E-state index in [9.17, 15) is 23.5 Å². The zero-order chi connectivity index (χ0) is 23.5. The van der Waals surface area contributed by atoms with E-state index >= 15 is 0 Å². The van der Waals surface area contributed by atoms with E-state index in [0.717, 1.165) is 12.1 Å². The molecule has 1 amide bonds. The van der Waals surface area contributed by atoms with Gasteiger partial charge in [-0.15, -0.1) is 0 Å². The van der Waals surface area contributed by atoms with Crippen LogP contribution in [-0.2, 0) is 6.42 Å². The van der Waals surface area contributed by atoms with Crippen LogP contribution in [0, 0.1) is 11.6 Å². The van der Waals surface area contributed by atoms with Crippen LogP contribution in [0.25, 0.3) is 16.7 Å². The molecule has 0 bridgehead atoms. The van der Waals surface area contributed by atoms with Gasteiger partial charge in [0.05, 0.1) is 24.2 Å².